The van der Waals surface area contributed by atoms with Gasteiger partial charge in [-0.2, -0.15) is 0 Å². The molecule has 1 atom stereocenters. The van der Waals surface area contributed by atoms with Crippen LogP contribution in [0.2, 0.25) is 0 Å². The maximum Gasteiger partial charge on any atom is 0.166 e. The van der Waals surface area contributed by atoms with Crippen molar-refractivity contribution in [2.45, 2.75) is 39.0 Å². The zero-order valence-corrected chi connectivity index (χ0v) is 16.1. The molecule has 1 unspecified atom stereocenters. The summed E-state index contributed by atoms with van der Waals surface area (Å²) in [5, 5.41) is 3.49. The van der Waals surface area contributed by atoms with Gasteiger partial charge >= 0.3 is 0 Å². The van der Waals surface area contributed by atoms with Gasteiger partial charge in [0, 0.05) is 25.3 Å². The van der Waals surface area contributed by atoms with E-state index in [9.17, 15) is 0 Å². The lowest BCUT2D eigenvalue weighted by molar-refractivity contribution is 0.110. The molecule has 0 spiro atoms. The van der Waals surface area contributed by atoms with Crippen molar-refractivity contribution in [3.8, 4) is 11.5 Å². The van der Waals surface area contributed by atoms with E-state index in [0.29, 0.717) is 19.3 Å². The van der Waals surface area contributed by atoms with Gasteiger partial charge in [-0.05, 0) is 31.4 Å². The van der Waals surface area contributed by atoms with Gasteiger partial charge < -0.3 is 19.5 Å². The van der Waals surface area contributed by atoms with Crippen LogP contribution in [0.25, 0.3) is 0 Å². The van der Waals surface area contributed by atoms with Crippen LogP contribution in [0.5, 0.6) is 11.5 Å². The molecular formula is C21H28ClNO3. The van der Waals surface area contributed by atoms with Crippen LogP contribution in [0.3, 0.4) is 0 Å². The molecule has 1 N–H and O–H groups in total. The first-order chi connectivity index (χ1) is 12.4. The Morgan fingerprint density at radius 3 is 2.65 bits per heavy atom. The Labute approximate surface area is 162 Å². The number of hydrogen-bond acceptors (Lipinski definition) is 4. The summed E-state index contributed by atoms with van der Waals surface area (Å²) in [5.74, 6) is 1.63. The summed E-state index contributed by atoms with van der Waals surface area (Å²) in [4.78, 5) is 0. The maximum atomic E-state index is 6.13. The summed E-state index contributed by atoms with van der Waals surface area (Å²) in [6.45, 7) is 5.64. The fraction of sp³-hybridized carbons (Fsp3) is 0.429. The number of hydrogen-bond donors (Lipinski definition) is 1. The standard InChI is InChI=1S/C21H27NO3.ClH/c1-2-23-20-12-6-10-18(14-22-15-19-11-7-13-24-19)21(20)25-16-17-8-4-3-5-9-17;/h3-6,8-10,12,19,22H,2,7,11,13-16H2,1H3;1H. The second-order valence-corrected chi connectivity index (χ2v) is 6.22. The molecule has 0 amide bonds. The average Bonchev–Trinajstić information content (AvgIpc) is 3.16. The van der Waals surface area contributed by atoms with E-state index in [0.717, 1.165) is 55.2 Å². The van der Waals surface area contributed by atoms with E-state index in [2.05, 4.69) is 23.5 Å². The molecule has 5 heteroatoms. The molecule has 0 aromatic heterocycles. The van der Waals surface area contributed by atoms with Crippen LogP contribution in [0, 0.1) is 0 Å². The minimum atomic E-state index is 0. The van der Waals surface area contributed by atoms with Crippen molar-refractivity contribution in [3.63, 3.8) is 0 Å². The van der Waals surface area contributed by atoms with Crippen molar-refractivity contribution >= 4 is 12.4 Å². The largest absolute Gasteiger partial charge is 0.490 e. The third kappa shape index (κ3) is 5.90. The molecule has 26 heavy (non-hydrogen) atoms. The molecule has 2 aromatic carbocycles. The van der Waals surface area contributed by atoms with Crippen LogP contribution >= 0.6 is 12.4 Å². The van der Waals surface area contributed by atoms with Gasteiger partial charge in [-0.3, -0.25) is 0 Å². The number of benzene rings is 2. The average molecular weight is 378 g/mol. The van der Waals surface area contributed by atoms with Gasteiger partial charge in [0.1, 0.15) is 6.61 Å². The molecule has 4 nitrogen and oxygen atoms in total. The Hall–Kier alpha value is -1.75. The minimum absolute atomic E-state index is 0. The summed E-state index contributed by atoms with van der Waals surface area (Å²) in [6, 6.07) is 16.3. The first-order valence-electron chi connectivity index (χ1n) is 9.10. The lowest BCUT2D eigenvalue weighted by Crippen LogP contribution is -2.26. The highest BCUT2D eigenvalue weighted by Crippen LogP contribution is 2.32. The second kappa shape index (κ2) is 11.1. The van der Waals surface area contributed by atoms with Crippen LogP contribution in [0.4, 0.5) is 0 Å². The van der Waals surface area contributed by atoms with Crippen molar-refractivity contribution in [3.05, 3.63) is 59.7 Å². The van der Waals surface area contributed by atoms with Crippen LogP contribution in [0.1, 0.15) is 30.9 Å². The van der Waals surface area contributed by atoms with E-state index in [4.69, 9.17) is 14.2 Å². The van der Waals surface area contributed by atoms with E-state index in [1.165, 1.54) is 0 Å². The van der Waals surface area contributed by atoms with E-state index in [-0.39, 0.29) is 12.4 Å². The topological polar surface area (TPSA) is 39.7 Å². The highest BCUT2D eigenvalue weighted by Gasteiger charge is 2.16. The van der Waals surface area contributed by atoms with Gasteiger partial charge in [-0.1, -0.05) is 42.5 Å². The van der Waals surface area contributed by atoms with Crippen molar-refractivity contribution in [1.82, 2.24) is 5.32 Å². The van der Waals surface area contributed by atoms with Gasteiger partial charge in [0.25, 0.3) is 0 Å². The third-order valence-electron chi connectivity index (χ3n) is 4.30. The number of nitrogens with one attached hydrogen (secondary N) is 1. The normalized spacial score (nSPS) is 16.1. The monoisotopic (exact) mass is 377 g/mol. The van der Waals surface area contributed by atoms with Gasteiger partial charge in [0.05, 0.1) is 12.7 Å². The summed E-state index contributed by atoms with van der Waals surface area (Å²) in [5.41, 5.74) is 2.26. The first-order valence-corrected chi connectivity index (χ1v) is 9.10. The second-order valence-electron chi connectivity index (χ2n) is 6.22. The van der Waals surface area contributed by atoms with E-state index in [1.807, 2.05) is 37.3 Å². The molecule has 3 rings (SSSR count). The fourth-order valence-corrected chi connectivity index (χ4v) is 3.04. The molecule has 2 aromatic rings. The maximum absolute atomic E-state index is 6.13. The van der Waals surface area contributed by atoms with Crippen LogP contribution < -0.4 is 14.8 Å². The highest BCUT2D eigenvalue weighted by atomic mass is 35.5. The summed E-state index contributed by atoms with van der Waals surface area (Å²) in [6.07, 6.45) is 2.64. The zero-order chi connectivity index (χ0) is 17.3. The molecule has 1 heterocycles. The molecule has 1 saturated heterocycles. The molecule has 0 bridgehead atoms. The quantitative estimate of drug-likeness (QED) is 0.705. The van der Waals surface area contributed by atoms with Crippen molar-refractivity contribution in [2.24, 2.45) is 0 Å². The predicted molar refractivity (Wildman–Crippen MR) is 106 cm³/mol. The van der Waals surface area contributed by atoms with Crippen molar-refractivity contribution in [2.75, 3.05) is 19.8 Å². The van der Waals surface area contributed by atoms with E-state index in [1.54, 1.807) is 0 Å². The Bertz CT molecular complexity index is 645. The SMILES string of the molecule is CCOc1cccc(CNCC2CCCO2)c1OCc1ccccc1.Cl. The first kappa shape index (κ1) is 20.6. The van der Waals surface area contributed by atoms with Gasteiger partial charge in [-0.25, -0.2) is 0 Å². The Kier molecular flexibility index (Phi) is 8.75. The van der Waals surface area contributed by atoms with Gasteiger partial charge in [-0.15, -0.1) is 12.4 Å². The third-order valence-corrected chi connectivity index (χ3v) is 4.30. The number of halogens is 1. The molecule has 0 aliphatic carbocycles. The Morgan fingerprint density at radius 1 is 1.08 bits per heavy atom. The minimum Gasteiger partial charge on any atom is -0.490 e. The number of ether oxygens (including phenoxy) is 3. The molecule has 142 valence electrons. The number of para-hydroxylation sites is 1. The molecule has 1 fully saturated rings. The zero-order valence-electron chi connectivity index (χ0n) is 15.3. The van der Waals surface area contributed by atoms with E-state index < -0.39 is 0 Å². The van der Waals surface area contributed by atoms with Crippen molar-refractivity contribution in [1.29, 1.82) is 0 Å². The highest BCUT2D eigenvalue weighted by molar-refractivity contribution is 5.85. The smallest absolute Gasteiger partial charge is 0.166 e. The van der Waals surface area contributed by atoms with E-state index >= 15 is 0 Å². The summed E-state index contributed by atoms with van der Waals surface area (Å²) in [7, 11) is 0. The predicted octanol–water partition coefficient (Wildman–Crippen LogP) is 4.35. The van der Waals surface area contributed by atoms with Crippen molar-refractivity contribution < 1.29 is 14.2 Å². The molecule has 1 aliphatic rings. The molecule has 0 saturated carbocycles. The summed E-state index contributed by atoms with van der Waals surface area (Å²) < 4.78 is 17.6. The van der Waals surface area contributed by atoms with Crippen LogP contribution in [-0.4, -0.2) is 25.9 Å². The van der Waals surface area contributed by atoms with Gasteiger partial charge in [0.15, 0.2) is 11.5 Å². The fourth-order valence-electron chi connectivity index (χ4n) is 3.04. The molecule has 0 radical (unpaired) electrons. The molecule has 1 aliphatic heterocycles. The Morgan fingerprint density at radius 2 is 1.92 bits per heavy atom. The van der Waals surface area contributed by atoms with Gasteiger partial charge in [0.2, 0.25) is 0 Å². The molecular weight excluding hydrogens is 350 g/mol. The Balaban J connectivity index is 0.00000243. The number of rotatable bonds is 9. The lowest BCUT2D eigenvalue weighted by Gasteiger charge is -2.17. The summed E-state index contributed by atoms with van der Waals surface area (Å²) >= 11 is 0. The van der Waals surface area contributed by atoms with Crippen LogP contribution in [-0.2, 0) is 17.9 Å². The lowest BCUT2D eigenvalue weighted by atomic mass is 10.1. The van der Waals surface area contributed by atoms with Crippen LogP contribution in [0.15, 0.2) is 48.5 Å².